The van der Waals surface area contributed by atoms with E-state index in [1.807, 2.05) is 17.9 Å². The minimum absolute atomic E-state index is 0.0622. The smallest absolute Gasteiger partial charge is 0.280 e. The van der Waals surface area contributed by atoms with Crippen molar-refractivity contribution in [3.8, 4) is 6.07 Å². The second-order valence-corrected chi connectivity index (χ2v) is 8.83. The summed E-state index contributed by atoms with van der Waals surface area (Å²) in [6.45, 7) is 5.50. The molecule has 0 unspecified atom stereocenters. The lowest BCUT2D eigenvalue weighted by Crippen LogP contribution is -3.19. The SMILES string of the molecule is C[C@H](C(=O)N1CCCC1)[NH+]1CCN(S(=O)(=O)c2ccccc2C#N)CC1. The van der Waals surface area contributed by atoms with Crippen LogP contribution in [0.2, 0.25) is 0 Å². The summed E-state index contributed by atoms with van der Waals surface area (Å²) >= 11 is 0. The molecule has 2 aliphatic heterocycles. The Balaban J connectivity index is 1.66. The van der Waals surface area contributed by atoms with Crippen LogP contribution in [0.4, 0.5) is 0 Å². The van der Waals surface area contributed by atoms with Crippen LogP contribution in [-0.4, -0.2) is 68.8 Å². The van der Waals surface area contributed by atoms with E-state index < -0.39 is 10.0 Å². The predicted octanol–water partition coefficient (Wildman–Crippen LogP) is -0.542. The Kier molecular flexibility index (Phi) is 5.61. The molecule has 0 bridgehead atoms. The molecule has 0 aliphatic carbocycles. The number of hydrogen-bond donors (Lipinski definition) is 1. The molecule has 0 saturated carbocycles. The second kappa shape index (κ2) is 7.74. The average molecular weight is 377 g/mol. The van der Waals surface area contributed by atoms with Gasteiger partial charge >= 0.3 is 0 Å². The van der Waals surface area contributed by atoms with Gasteiger partial charge in [-0.05, 0) is 31.9 Å². The van der Waals surface area contributed by atoms with Gasteiger partial charge in [-0.15, -0.1) is 0 Å². The predicted molar refractivity (Wildman–Crippen MR) is 95.9 cm³/mol. The first kappa shape index (κ1) is 18.8. The third-order valence-electron chi connectivity index (χ3n) is 5.39. The van der Waals surface area contributed by atoms with Crippen LogP contribution in [-0.2, 0) is 14.8 Å². The van der Waals surface area contributed by atoms with Crippen molar-refractivity contribution in [2.75, 3.05) is 39.3 Å². The van der Waals surface area contributed by atoms with Gasteiger partial charge in [0.2, 0.25) is 10.0 Å². The van der Waals surface area contributed by atoms with Crippen LogP contribution in [0.5, 0.6) is 0 Å². The highest BCUT2D eigenvalue weighted by Crippen LogP contribution is 2.19. The van der Waals surface area contributed by atoms with E-state index in [0.29, 0.717) is 26.2 Å². The summed E-state index contributed by atoms with van der Waals surface area (Å²) < 4.78 is 27.2. The monoisotopic (exact) mass is 377 g/mol. The van der Waals surface area contributed by atoms with E-state index in [9.17, 15) is 18.5 Å². The molecule has 2 heterocycles. The third-order valence-corrected chi connectivity index (χ3v) is 7.35. The van der Waals surface area contributed by atoms with Crippen molar-refractivity contribution in [3.05, 3.63) is 29.8 Å². The number of nitrogens with zero attached hydrogens (tertiary/aromatic N) is 3. The molecule has 0 aromatic heterocycles. The molecule has 1 amide bonds. The molecular formula is C18H25N4O3S+. The van der Waals surface area contributed by atoms with E-state index in [1.54, 1.807) is 12.1 Å². The normalized spacial score (nSPS) is 20.7. The Morgan fingerprint density at radius 1 is 1.15 bits per heavy atom. The van der Waals surface area contributed by atoms with Crippen LogP contribution >= 0.6 is 0 Å². The van der Waals surface area contributed by atoms with Crippen LogP contribution in [0, 0.1) is 11.3 Å². The largest absolute Gasteiger partial charge is 0.338 e. The highest BCUT2D eigenvalue weighted by atomic mass is 32.2. The lowest BCUT2D eigenvalue weighted by molar-refractivity contribution is -0.918. The molecule has 0 radical (unpaired) electrons. The zero-order valence-corrected chi connectivity index (χ0v) is 15.8. The van der Waals surface area contributed by atoms with E-state index in [0.717, 1.165) is 30.8 Å². The number of benzene rings is 1. The van der Waals surface area contributed by atoms with Gasteiger partial charge in [-0.25, -0.2) is 8.42 Å². The van der Waals surface area contributed by atoms with Gasteiger partial charge in [0, 0.05) is 13.1 Å². The topological polar surface area (TPSA) is 85.9 Å². The number of sulfonamides is 1. The lowest BCUT2D eigenvalue weighted by Gasteiger charge is -2.35. The quantitative estimate of drug-likeness (QED) is 0.764. The second-order valence-electron chi connectivity index (χ2n) is 6.92. The van der Waals surface area contributed by atoms with Gasteiger partial charge in [-0.3, -0.25) is 4.79 Å². The lowest BCUT2D eigenvalue weighted by atomic mass is 10.2. The van der Waals surface area contributed by atoms with Gasteiger partial charge < -0.3 is 9.80 Å². The van der Waals surface area contributed by atoms with Crippen LogP contribution in [0.15, 0.2) is 29.2 Å². The number of nitrogens with one attached hydrogen (secondary N) is 1. The van der Waals surface area contributed by atoms with E-state index in [-0.39, 0.29) is 22.4 Å². The number of rotatable bonds is 4. The first-order chi connectivity index (χ1) is 12.4. The summed E-state index contributed by atoms with van der Waals surface area (Å²) in [5.41, 5.74) is 0.167. The van der Waals surface area contributed by atoms with Crippen LogP contribution < -0.4 is 4.90 Å². The zero-order chi connectivity index (χ0) is 18.7. The van der Waals surface area contributed by atoms with Crippen LogP contribution in [0.3, 0.4) is 0 Å². The molecule has 3 rings (SSSR count). The number of nitriles is 1. The van der Waals surface area contributed by atoms with Gasteiger partial charge in [-0.1, -0.05) is 12.1 Å². The molecular weight excluding hydrogens is 352 g/mol. The van der Waals surface area contributed by atoms with Crippen molar-refractivity contribution in [1.29, 1.82) is 5.26 Å². The maximum Gasteiger partial charge on any atom is 0.280 e. The van der Waals surface area contributed by atoms with Crippen molar-refractivity contribution in [2.24, 2.45) is 0 Å². The fraction of sp³-hybridized carbons (Fsp3) is 0.556. The maximum atomic E-state index is 12.9. The van der Waals surface area contributed by atoms with Crippen molar-refractivity contribution in [2.45, 2.75) is 30.7 Å². The Bertz CT molecular complexity index is 804. The highest BCUT2D eigenvalue weighted by molar-refractivity contribution is 7.89. The van der Waals surface area contributed by atoms with Crippen LogP contribution in [0.1, 0.15) is 25.3 Å². The number of hydrogen-bond acceptors (Lipinski definition) is 4. The van der Waals surface area contributed by atoms with Gasteiger partial charge in [0.25, 0.3) is 5.91 Å². The third kappa shape index (κ3) is 3.61. The fourth-order valence-electron chi connectivity index (χ4n) is 3.76. The van der Waals surface area contributed by atoms with Crippen molar-refractivity contribution < 1.29 is 18.1 Å². The Labute approximate surface area is 154 Å². The van der Waals surface area contributed by atoms with Crippen molar-refractivity contribution in [3.63, 3.8) is 0 Å². The number of likely N-dealkylation sites (tertiary alicyclic amines) is 1. The molecule has 2 saturated heterocycles. The standard InChI is InChI=1S/C18H24N4O3S/c1-15(18(23)21-8-4-5-9-21)20-10-12-22(13-11-20)26(24,25)17-7-3-2-6-16(17)14-19/h2-3,6-7,15H,4-5,8-13H2,1H3/p+1/t15-/m1/s1. The first-order valence-corrected chi connectivity index (χ1v) is 10.5. The number of piperazine rings is 1. The molecule has 26 heavy (non-hydrogen) atoms. The number of carbonyl (C=O) groups excluding carboxylic acids is 1. The molecule has 1 atom stereocenters. The Hall–Kier alpha value is -1.95. The highest BCUT2D eigenvalue weighted by Gasteiger charge is 2.36. The van der Waals surface area contributed by atoms with Gasteiger partial charge in [-0.2, -0.15) is 9.57 Å². The summed E-state index contributed by atoms with van der Waals surface area (Å²) in [5, 5.41) is 9.18. The summed E-state index contributed by atoms with van der Waals surface area (Å²) in [6, 6.07) is 8.09. The van der Waals surface area contributed by atoms with Gasteiger partial charge in [0.1, 0.15) is 6.07 Å². The molecule has 1 N–H and O–H groups in total. The molecule has 1 aromatic carbocycles. The number of amides is 1. The van der Waals surface area contributed by atoms with E-state index in [1.165, 1.54) is 16.4 Å². The summed E-state index contributed by atoms with van der Waals surface area (Å²) in [5.74, 6) is 0.170. The fourth-order valence-corrected chi connectivity index (χ4v) is 5.34. The summed E-state index contributed by atoms with van der Waals surface area (Å²) in [7, 11) is -3.69. The first-order valence-electron chi connectivity index (χ1n) is 9.08. The van der Waals surface area contributed by atoms with Gasteiger partial charge in [0.05, 0.1) is 36.6 Å². The molecule has 2 fully saturated rings. The maximum absolute atomic E-state index is 12.9. The summed E-state index contributed by atoms with van der Waals surface area (Å²) in [6.07, 6.45) is 2.14. The van der Waals surface area contributed by atoms with E-state index in [2.05, 4.69) is 0 Å². The molecule has 140 valence electrons. The molecule has 2 aliphatic rings. The minimum atomic E-state index is -3.69. The molecule has 0 spiro atoms. The molecule has 8 heteroatoms. The van der Waals surface area contributed by atoms with Gasteiger partial charge in [0.15, 0.2) is 6.04 Å². The van der Waals surface area contributed by atoms with Crippen molar-refractivity contribution in [1.82, 2.24) is 9.21 Å². The number of quaternary nitrogens is 1. The Morgan fingerprint density at radius 3 is 2.38 bits per heavy atom. The number of carbonyl (C=O) groups is 1. The van der Waals surface area contributed by atoms with Crippen molar-refractivity contribution >= 4 is 15.9 Å². The van der Waals surface area contributed by atoms with E-state index in [4.69, 9.17) is 0 Å². The molecule has 7 nitrogen and oxygen atoms in total. The average Bonchev–Trinajstić information content (AvgIpc) is 3.21. The Morgan fingerprint density at radius 2 is 1.77 bits per heavy atom. The molecule has 1 aromatic rings. The van der Waals surface area contributed by atoms with E-state index >= 15 is 0 Å². The minimum Gasteiger partial charge on any atom is -0.338 e. The van der Waals surface area contributed by atoms with Crippen LogP contribution in [0.25, 0.3) is 0 Å². The zero-order valence-electron chi connectivity index (χ0n) is 15.0. The summed E-state index contributed by atoms with van der Waals surface area (Å²) in [4.78, 5) is 15.7.